The van der Waals surface area contributed by atoms with Gasteiger partial charge in [-0.2, -0.15) is 0 Å². The molecule has 0 radical (unpaired) electrons. The number of hydrogen-bond acceptors (Lipinski definition) is 2. The highest BCUT2D eigenvalue weighted by Crippen LogP contribution is 2.28. The Kier molecular flexibility index (Phi) is 5.11. The van der Waals surface area contributed by atoms with Gasteiger partial charge in [-0.3, -0.25) is 0 Å². The quantitative estimate of drug-likeness (QED) is 0.828. The van der Waals surface area contributed by atoms with Crippen LogP contribution in [0.4, 0.5) is 5.69 Å². The molecule has 1 atom stereocenters. The molecule has 2 aromatic rings. The van der Waals surface area contributed by atoms with Crippen LogP contribution in [0, 0.1) is 0 Å². The first-order valence-corrected chi connectivity index (χ1v) is 7.23. The van der Waals surface area contributed by atoms with Crippen LogP contribution in [-0.2, 0) is 0 Å². The number of para-hydroxylation sites is 1. The van der Waals surface area contributed by atoms with E-state index in [1.165, 1.54) is 0 Å². The zero-order valence-corrected chi connectivity index (χ0v) is 12.9. The van der Waals surface area contributed by atoms with E-state index < -0.39 is 0 Å². The first-order valence-electron chi connectivity index (χ1n) is 6.06. The van der Waals surface area contributed by atoms with Gasteiger partial charge in [-0.15, -0.1) is 0 Å². The van der Waals surface area contributed by atoms with Gasteiger partial charge in [-0.25, -0.2) is 0 Å². The Morgan fingerprint density at radius 1 is 1.21 bits per heavy atom. The predicted molar refractivity (Wildman–Crippen MR) is 84.2 cm³/mol. The van der Waals surface area contributed by atoms with E-state index in [1.54, 1.807) is 0 Å². The second-order valence-electron chi connectivity index (χ2n) is 4.25. The molecular formula is C15H15BrClNO. The summed E-state index contributed by atoms with van der Waals surface area (Å²) in [5, 5.41) is 4.02. The van der Waals surface area contributed by atoms with Crippen LogP contribution in [0.5, 0.6) is 5.75 Å². The van der Waals surface area contributed by atoms with Crippen LogP contribution >= 0.6 is 27.5 Å². The van der Waals surface area contributed by atoms with Crippen LogP contribution in [0.25, 0.3) is 0 Å². The molecule has 0 aromatic heterocycles. The molecular weight excluding hydrogens is 326 g/mol. The van der Waals surface area contributed by atoms with E-state index >= 15 is 0 Å². The molecule has 0 amide bonds. The van der Waals surface area contributed by atoms with E-state index in [0.717, 1.165) is 22.5 Å². The maximum atomic E-state index is 5.90. The second-order valence-corrected chi connectivity index (χ2v) is 5.54. The van der Waals surface area contributed by atoms with Gasteiger partial charge in [-0.1, -0.05) is 29.8 Å². The number of nitrogens with one attached hydrogen (secondary N) is 1. The van der Waals surface area contributed by atoms with Gasteiger partial charge in [0.05, 0.1) is 11.0 Å². The summed E-state index contributed by atoms with van der Waals surface area (Å²) in [4.78, 5) is 0. The minimum absolute atomic E-state index is 0.0534. The summed E-state index contributed by atoms with van der Waals surface area (Å²) in [7, 11) is 0. The molecule has 0 aliphatic heterocycles. The number of anilines is 1. The third-order valence-corrected chi connectivity index (χ3v) is 3.44. The molecule has 1 unspecified atom stereocenters. The van der Waals surface area contributed by atoms with Crippen molar-refractivity contribution >= 4 is 33.2 Å². The number of halogens is 2. The third kappa shape index (κ3) is 4.44. The highest BCUT2D eigenvalue weighted by Gasteiger charge is 2.07. The Balaban J connectivity index is 1.89. The molecule has 100 valence electrons. The van der Waals surface area contributed by atoms with Gasteiger partial charge in [0.15, 0.2) is 0 Å². The summed E-state index contributed by atoms with van der Waals surface area (Å²) in [6.07, 6.45) is 0.0534. The summed E-state index contributed by atoms with van der Waals surface area (Å²) in [5.74, 6) is 0.798. The number of hydrogen-bond donors (Lipinski definition) is 1. The van der Waals surface area contributed by atoms with Crippen LogP contribution in [-0.4, -0.2) is 12.6 Å². The van der Waals surface area contributed by atoms with Crippen LogP contribution in [0.1, 0.15) is 6.92 Å². The van der Waals surface area contributed by atoms with Crippen LogP contribution in [0.3, 0.4) is 0 Å². The maximum absolute atomic E-state index is 5.90. The zero-order chi connectivity index (χ0) is 13.7. The SMILES string of the molecule is CC(CNc1ccccc1)Oc1ccc(Cl)cc1Br. The molecule has 0 saturated heterocycles. The van der Waals surface area contributed by atoms with Crippen molar-refractivity contribution in [2.75, 3.05) is 11.9 Å². The Morgan fingerprint density at radius 3 is 2.63 bits per heavy atom. The molecule has 2 rings (SSSR count). The lowest BCUT2D eigenvalue weighted by molar-refractivity contribution is 0.233. The summed E-state index contributed by atoms with van der Waals surface area (Å²) in [6, 6.07) is 15.6. The molecule has 0 fully saturated rings. The largest absolute Gasteiger partial charge is 0.488 e. The Labute approximate surface area is 126 Å². The minimum atomic E-state index is 0.0534. The van der Waals surface area contributed by atoms with Crippen molar-refractivity contribution in [3.63, 3.8) is 0 Å². The van der Waals surface area contributed by atoms with Gasteiger partial charge < -0.3 is 10.1 Å². The number of ether oxygens (including phenoxy) is 1. The van der Waals surface area contributed by atoms with Crippen molar-refractivity contribution in [3.05, 3.63) is 58.0 Å². The third-order valence-electron chi connectivity index (χ3n) is 2.59. The van der Waals surface area contributed by atoms with Gasteiger partial charge in [-0.05, 0) is 53.2 Å². The molecule has 0 bridgehead atoms. The lowest BCUT2D eigenvalue weighted by Gasteiger charge is -2.17. The molecule has 0 heterocycles. The topological polar surface area (TPSA) is 21.3 Å². The lowest BCUT2D eigenvalue weighted by atomic mass is 10.3. The Bertz CT molecular complexity index is 533. The highest BCUT2D eigenvalue weighted by molar-refractivity contribution is 9.10. The summed E-state index contributed by atoms with van der Waals surface area (Å²) in [5.41, 5.74) is 1.09. The molecule has 19 heavy (non-hydrogen) atoms. The number of benzene rings is 2. The smallest absolute Gasteiger partial charge is 0.134 e. The normalized spacial score (nSPS) is 11.9. The predicted octanol–water partition coefficient (Wildman–Crippen LogP) is 4.98. The second kappa shape index (κ2) is 6.83. The Hall–Kier alpha value is -1.19. The average Bonchev–Trinajstić information content (AvgIpc) is 2.41. The molecule has 2 nitrogen and oxygen atoms in total. The summed E-state index contributed by atoms with van der Waals surface area (Å²) >= 11 is 9.34. The standard InChI is InChI=1S/C15H15BrClNO/c1-11(10-18-13-5-3-2-4-6-13)19-15-8-7-12(17)9-14(15)16/h2-9,11,18H,10H2,1H3. The van der Waals surface area contributed by atoms with Gasteiger partial charge in [0.25, 0.3) is 0 Å². The molecule has 4 heteroatoms. The van der Waals surface area contributed by atoms with Gasteiger partial charge >= 0.3 is 0 Å². The molecule has 0 aliphatic carbocycles. The lowest BCUT2D eigenvalue weighted by Crippen LogP contribution is -2.22. The summed E-state index contributed by atoms with van der Waals surface area (Å²) < 4.78 is 6.72. The fourth-order valence-electron chi connectivity index (χ4n) is 1.65. The monoisotopic (exact) mass is 339 g/mol. The average molecular weight is 341 g/mol. The van der Waals surface area contributed by atoms with Crippen molar-refractivity contribution in [1.82, 2.24) is 0 Å². The molecule has 0 saturated carbocycles. The van der Waals surface area contributed by atoms with Crippen molar-refractivity contribution in [2.45, 2.75) is 13.0 Å². The van der Waals surface area contributed by atoms with E-state index in [0.29, 0.717) is 5.02 Å². The maximum Gasteiger partial charge on any atom is 0.134 e. The molecule has 2 aromatic carbocycles. The summed E-state index contributed by atoms with van der Waals surface area (Å²) in [6.45, 7) is 2.76. The first-order chi connectivity index (χ1) is 9.15. The minimum Gasteiger partial charge on any atom is -0.488 e. The van der Waals surface area contributed by atoms with Gasteiger partial charge in [0.2, 0.25) is 0 Å². The fourth-order valence-corrected chi connectivity index (χ4v) is 2.42. The van der Waals surface area contributed by atoms with Crippen molar-refractivity contribution in [1.29, 1.82) is 0 Å². The fraction of sp³-hybridized carbons (Fsp3) is 0.200. The number of rotatable bonds is 5. The van der Waals surface area contributed by atoms with Crippen LogP contribution < -0.4 is 10.1 Å². The Morgan fingerprint density at radius 2 is 1.95 bits per heavy atom. The van der Waals surface area contributed by atoms with Crippen molar-refractivity contribution in [2.24, 2.45) is 0 Å². The first kappa shape index (κ1) is 14.2. The van der Waals surface area contributed by atoms with E-state index in [-0.39, 0.29) is 6.10 Å². The van der Waals surface area contributed by atoms with Gasteiger partial charge in [0.1, 0.15) is 11.9 Å². The van der Waals surface area contributed by atoms with Crippen molar-refractivity contribution in [3.8, 4) is 5.75 Å². The van der Waals surface area contributed by atoms with E-state index in [4.69, 9.17) is 16.3 Å². The van der Waals surface area contributed by atoms with E-state index in [9.17, 15) is 0 Å². The van der Waals surface area contributed by atoms with E-state index in [2.05, 4.69) is 21.2 Å². The van der Waals surface area contributed by atoms with Crippen LogP contribution in [0.15, 0.2) is 53.0 Å². The highest BCUT2D eigenvalue weighted by atomic mass is 79.9. The van der Waals surface area contributed by atoms with Crippen molar-refractivity contribution < 1.29 is 4.74 Å². The van der Waals surface area contributed by atoms with Gasteiger partial charge in [0, 0.05) is 10.7 Å². The van der Waals surface area contributed by atoms with E-state index in [1.807, 2.05) is 55.5 Å². The zero-order valence-electron chi connectivity index (χ0n) is 10.6. The van der Waals surface area contributed by atoms with Crippen LogP contribution in [0.2, 0.25) is 5.02 Å². The molecule has 1 N–H and O–H groups in total. The molecule has 0 spiro atoms. The molecule has 0 aliphatic rings.